The Labute approximate surface area is 67.0 Å². The summed E-state index contributed by atoms with van der Waals surface area (Å²) in [6.45, 7) is 3.85. The smallest absolute Gasteiger partial charge is 0.0850 e. The Morgan fingerprint density at radius 1 is 1.45 bits per heavy atom. The summed E-state index contributed by atoms with van der Waals surface area (Å²) >= 11 is 0. The van der Waals surface area contributed by atoms with E-state index >= 15 is 0 Å². The van der Waals surface area contributed by atoms with Crippen molar-refractivity contribution < 1.29 is 14.9 Å². The Bertz CT molecular complexity index is 127. The van der Waals surface area contributed by atoms with Gasteiger partial charge < -0.3 is 14.9 Å². The van der Waals surface area contributed by atoms with Crippen LogP contribution in [0.1, 0.15) is 20.3 Å². The van der Waals surface area contributed by atoms with E-state index in [1.54, 1.807) is 0 Å². The molecule has 3 unspecified atom stereocenters. The van der Waals surface area contributed by atoms with Crippen molar-refractivity contribution >= 4 is 0 Å². The first kappa shape index (κ1) is 8.97. The maximum absolute atomic E-state index is 9.47. The van der Waals surface area contributed by atoms with E-state index in [9.17, 15) is 5.11 Å². The molecule has 1 aliphatic rings. The Hall–Kier alpha value is -0.120. The summed E-state index contributed by atoms with van der Waals surface area (Å²) in [5.74, 6) is -0.00579. The molecular formula is C8H16O3. The number of hydrogen-bond donors (Lipinski definition) is 2. The van der Waals surface area contributed by atoms with E-state index in [4.69, 9.17) is 9.84 Å². The normalized spacial score (nSPS) is 45.8. The first-order valence-electron chi connectivity index (χ1n) is 4.09. The van der Waals surface area contributed by atoms with Gasteiger partial charge in [-0.15, -0.1) is 0 Å². The molecule has 4 atom stereocenters. The third-order valence-electron chi connectivity index (χ3n) is 2.28. The largest absolute Gasteiger partial charge is 0.396 e. The van der Waals surface area contributed by atoms with Crippen molar-refractivity contribution in [3.05, 3.63) is 0 Å². The zero-order valence-corrected chi connectivity index (χ0v) is 7.03. The molecule has 1 fully saturated rings. The third-order valence-corrected chi connectivity index (χ3v) is 2.28. The third kappa shape index (κ3) is 1.92. The van der Waals surface area contributed by atoms with Crippen molar-refractivity contribution in [2.75, 3.05) is 6.61 Å². The summed E-state index contributed by atoms with van der Waals surface area (Å²) in [5.41, 5.74) is 0. The van der Waals surface area contributed by atoms with Gasteiger partial charge in [0.15, 0.2) is 0 Å². The van der Waals surface area contributed by atoms with E-state index in [1.807, 2.05) is 13.8 Å². The number of hydrogen-bond acceptors (Lipinski definition) is 3. The lowest BCUT2D eigenvalue weighted by Crippen LogP contribution is -2.43. The monoisotopic (exact) mass is 160 g/mol. The van der Waals surface area contributed by atoms with Crippen LogP contribution in [0.5, 0.6) is 0 Å². The summed E-state index contributed by atoms with van der Waals surface area (Å²) in [4.78, 5) is 0. The van der Waals surface area contributed by atoms with Gasteiger partial charge in [0.05, 0.1) is 18.3 Å². The molecule has 11 heavy (non-hydrogen) atoms. The van der Waals surface area contributed by atoms with Gasteiger partial charge in [-0.1, -0.05) is 0 Å². The number of ether oxygens (including phenoxy) is 1. The van der Waals surface area contributed by atoms with Crippen molar-refractivity contribution in [1.82, 2.24) is 0 Å². The average molecular weight is 160 g/mol. The van der Waals surface area contributed by atoms with Gasteiger partial charge in [0.2, 0.25) is 0 Å². The highest BCUT2D eigenvalue weighted by Crippen LogP contribution is 2.24. The van der Waals surface area contributed by atoms with Crippen LogP contribution in [0.3, 0.4) is 0 Å². The molecule has 1 saturated heterocycles. The van der Waals surface area contributed by atoms with Gasteiger partial charge in [0, 0.05) is 12.5 Å². The summed E-state index contributed by atoms with van der Waals surface area (Å²) in [6, 6.07) is 0. The molecule has 66 valence electrons. The van der Waals surface area contributed by atoms with E-state index in [2.05, 4.69) is 0 Å². The summed E-state index contributed by atoms with van der Waals surface area (Å²) < 4.78 is 5.37. The molecule has 2 N–H and O–H groups in total. The molecule has 0 amide bonds. The number of rotatable bonds is 1. The first-order valence-corrected chi connectivity index (χ1v) is 4.09. The van der Waals surface area contributed by atoms with Gasteiger partial charge in [-0.2, -0.15) is 0 Å². The molecular weight excluding hydrogens is 144 g/mol. The molecule has 0 aromatic carbocycles. The van der Waals surface area contributed by atoms with E-state index in [-0.39, 0.29) is 24.7 Å². The van der Waals surface area contributed by atoms with Crippen LogP contribution < -0.4 is 0 Å². The molecule has 0 spiro atoms. The molecule has 0 aromatic heterocycles. The SMILES string of the molecule is CC1CC(CO)C(O)[C@H](C)O1. The fraction of sp³-hybridized carbons (Fsp3) is 1.00. The van der Waals surface area contributed by atoms with Gasteiger partial charge in [-0.05, 0) is 20.3 Å². The van der Waals surface area contributed by atoms with Gasteiger partial charge in [0.1, 0.15) is 0 Å². The molecule has 1 aliphatic heterocycles. The molecule has 0 aromatic rings. The van der Waals surface area contributed by atoms with Crippen LogP contribution in [-0.4, -0.2) is 35.1 Å². The molecule has 3 nitrogen and oxygen atoms in total. The Kier molecular flexibility index (Phi) is 2.87. The molecule has 0 bridgehead atoms. The maximum atomic E-state index is 9.47. The van der Waals surface area contributed by atoms with Gasteiger partial charge in [-0.3, -0.25) is 0 Å². The summed E-state index contributed by atoms with van der Waals surface area (Å²) in [6.07, 6.45) is 0.264. The fourth-order valence-corrected chi connectivity index (χ4v) is 1.63. The predicted octanol–water partition coefficient (Wildman–Crippen LogP) is 0.153. The highest BCUT2D eigenvalue weighted by atomic mass is 16.5. The highest BCUT2D eigenvalue weighted by Gasteiger charge is 2.32. The second kappa shape index (κ2) is 3.52. The molecule has 0 radical (unpaired) electrons. The van der Waals surface area contributed by atoms with Gasteiger partial charge in [-0.25, -0.2) is 0 Å². The standard InChI is InChI=1S/C8H16O3/c1-5-3-7(4-9)8(10)6(2)11-5/h5-10H,3-4H2,1-2H3/t5?,6-,7?,8?/m0/s1. The first-order chi connectivity index (χ1) is 5.15. The lowest BCUT2D eigenvalue weighted by Gasteiger charge is -2.35. The van der Waals surface area contributed by atoms with Crippen LogP contribution in [0.15, 0.2) is 0 Å². The second-order valence-electron chi connectivity index (χ2n) is 3.32. The minimum absolute atomic E-state index is 0.00579. The summed E-state index contributed by atoms with van der Waals surface area (Å²) in [7, 11) is 0. The van der Waals surface area contributed by atoms with Crippen LogP contribution >= 0.6 is 0 Å². The number of aliphatic hydroxyl groups excluding tert-OH is 2. The van der Waals surface area contributed by atoms with Crippen LogP contribution in [0.2, 0.25) is 0 Å². The fourth-order valence-electron chi connectivity index (χ4n) is 1.63. The topological polar surface area (TPSA) is 49.7 Å². The average Bonchev–Trinajstić information content (AvgIpc) is 1.96. The van der Waals surface area contributed by atoms with Crippen LogP contribution in [-0.2, 0) is 4.74 Å². The van der Waals surface area contributed by atoms with Crippen LogP contribution in [0, 0.1) is 5.92 Å². The van der Waals surface area contributed by atoms with E-state index in [0.29, 0.717) is 0 Å². The van der Waals surface area contributed by atoms with Gasteiger partial charge in [0.25, 0.3) is 0 Å². The molecule has 1 rings (SSSR count). The Morgan fingerprint density at radius 2 is 2.09 bits per heavy atom. The zero-order valence-electron chi connectivity index (χ0n) is 7.03. The number of aliphatic hydroxyl groups is 2. The minimum atomic E-state index is -0.504. The molecule has 0 aliphatic carbocycles. The highest BCUT2D eigenvalue weighted by molar-refractivity contribution is 4.81. The quantitative estimate of drug-likeness (QED) is 0.574. The van der Waals surface area contributed by atoms with Crippen molar-refractivity contribution in [3.8, 4) is 0 Å². The minimum Gasteiger partial charge on any atom is -0.396 e. The predicted molar refractivity (Wildman–Crippen MR) is 41.2 cm³/mol. The Balaban J connectivity index is 2.51. The lowest BCUT2D eigenvalue weighted by atomic mass is 9.90. The van der Waals surface area contributed by atoms with Crippen molar-refractivity contribution in [1.29, 1.82) is 0 Å². The van der Waals surface area contributed by atoms with Crippen molar-refractivity contribution in [2.45, 2.75) is 38.6 Å². The molecule has 1 heterocycles. The second-order valence-corrected chi connectivity index (χ2v) is 3.32. The molecule has 3 heteroatoms. The molecule has 0 saturated carbocycles. The van der Waals surface area contributed by atoms with Crippen molar-refractivity contribution in [2.24, 2.45) is 5.92 Å². The van der Waals surface area contributed by atoms with Gasteiger partial charge >= 0.3 is 0 Å². The maximum Gasteiger partial charge on any atom is 0.0850 e. The van der Waals surface area contributed by atoms with E-state index in [1.165, 1.54) is 0 Å². The summed E-state index contributed by atoms with van der Waals surface area (Å²) in [5, 5.41) is 18.4. The van der Waals surface area contributed by atoms with Crippen molar-refractivity contribution in [3.63, 3.8) is 0 Å². The Morgan fingerprint density at radius 3 is 2.64 bits per heavy atom. The van der Waals surface area contributed by atoms with Crippen LogP contribution in [0.4, 0.5) is 0 Å². The zero-order chi connectivity index (χ0) is 8.43. The van der Waals surface area contributed by atoms with E-state index < -0.39 is 6.10 Å². The lowest BCUT2D eigenvalue weighted by molar-refractivity contribution is -0.138. The van der Waals surface area contributed by atoms with E-state index in [0.717, 1.165) is 6.42 Å². The van der Waals surface area contributed by atoms with Crippen LogP contribution in [0.25, 0.3) is 0 Å².